The van der Waals surface area contributed by atoms with E-state index in [0.29, 0.717) is 35.3 Å². The van der Waals surface area contributed by atoms with E-state index >= 15 is 0 Å². The van der Waals surface area contributed by atoms with E-state index in [2.05, 4.69) is 42.4 Å². The van der Waals surface area contributed by atoms with Crippen LogP contribution in [-0.4, -0.2) is 88.0 Å². The number of aromatic nitrogens is 4. The highest BCUT2D eigenvalue weighted by Gasteiger charge is 2.29. The molecule has 7 heterocycles. The highest BCUT2D eigenvalue weighted by molar-refractivity contribution is 6.16. The van der Waals surface area contributed by atoms with Gasteiger partial charge in [-0.3, -0.25) is 9.58 Å². The Bertz CT molecular complexity index is 1620. The number of nitrogens with zero attached hydrogens (tertiary/aromatic N) is 10. The number of hydrazone groups is 1. The van der Waals surface area contributed by atoms with Crippen LogP contribution in [0.15, 0.2) is 76.6 Å². The van der Waals surface area contributed by atoms with Gasteiger partial charge in [0, 0.05) is 94.2 Å². The van der Waals surface area contributed by atoms with E-state index in [0.717, 1.165) is 68.5 Å². The highest BCUT2D eigenvalue weighted by Crippen LogP contribution is 2.32. The molecule has 0 radical (unpaired) electrons. The lowest BCUT2D eigenvalue weighted by molar-refractivity contribution is 0.249. The van der Waals surface area contributed by atoms with E-state index in [4.69, 9.17) is 14.7 Å². The summed E-state index contributed by atoms with van der Waals surface area (Å²) < 4.78 is 7.15. The predicted octanol–water partition coefficient (Wildman–Crippen LogP) is 2.42. The molecule has 12 nitrogen and oxygen atoms in total. The molecule has 7 rings (SSSR count). The van der Waals surface area contributed by atoms with Crippen LogP contribution in [0, 0.1) is 11.3 Å². The second-order valence-corrected chi connectivity index (χ2v) is 10.7. The maximum Gasteiger partial charge on any atom is 0.212 e. The van der Waals surface area contributed by atoms with Crippen LogP contribution in [0.5, 0.6) is 5.88 Å². The number of ether oxygens (including phenoxy) is 1. The summed E-state index contributed by atoms with van der Waals surface area (Å²) in [5.74, 6) is 1.56. The Hall–Kier alpha value is -4.86. The molecule has 0 bridgehead atoms. The molecule has 3 aromatic rings. The summed E-state index contributed by atoms with van der Waals surface area (Å²) in [6.45, 7) is 6.33. The second-order valence-electron chi connectivity index (χ2n) is 10.7. The summed E-state index contributed by atoms with van der Waals surface area (Å²) in [4.78, 5) is 18.9. The molecule has 212 valence electrons. The normalized spacial score (nSPS) is 19.1. The number of hydrogen-bond acceptors (Lipinski definition) is 11. The molecule has 0 spiro atoms. The van der Waals surface area contributed by atoms with Crippen LogP contribution in [-0.2, 0) is 6.54 Å². The van der Waals surface area contributed by atoms with Gasteiger partial charge >= 0.3 is 0 Å². The number of piperazine rings is 1. The highest BCUT2D eigenvalue weighted by atomic mass is 16.5. The topological polar surface area (TPSA) is 123 Å². The van der Waals surface area contributed by atoms with Crippen molar-refractivity contribution in [3.05, 3.63) is 83.2 Å². The lowest BCUT2D eigenvalue weighted by Crippen LogP contribution is -2.46. The molecule has 4 aliphatic rings. The summed E-state index contributed by atoms with van der Waals surface area (Å²) in [6, 6.07) is 10.8. The summed E-state index contributed by atoms with van der Waals surface area (Å²) in [5.41, 5.74) is 5.69. The Balaban J connectivity index is 1.09. The second kappa shape index (κ2) is 11.2. The molecule has 4 aliphatic heterocycles. The zero-order valence-corrected chi connectivity index (χ0v) is 23.4. The number of pyridine rings is 2. The summed E-state index contributed by atoms with van der Waals surface area (Å²) >= 11 is 0. The first-order valence-electron chi connectivity index (χ1n) is 14.1. The largest absolute Gasteiger partial charge is 0.481 e. The van der Waals surface area contributed by atoms with E-state index in [1.807, 2.05) is 53.9 Å². The number of rotatable bonds is 7. The number of aliphatic imine (C=N–C) groups is 1. The van der Waals surface area contributed by atoms with Crippen LogP contribution < -0.4 is 15.0 Å². The van der Waals surface area contributed by atoms with Gasteiger partial charge in [0.1, 0.15) is 11.5 Å². The number of anilines is 1. The molecule has 0 amide bonds. The maximum atomic E-state index is 9.90. The van der Waals surface area contributed by atoms with E-state index in [-0.39, 0.29) is 0 Å². The van der Waals surface area contributed by atoms with Crippen molar-refractivity contribution < 1.29 is 4.74 Å². The lowest BCUT2D eigenvalue weighted by atomic mass is 10.00. The third kappa shape index (κ3) is 5.04. The van der Waals surface area contributed by atoms with E-state index < -0.39 is 0 Å². The van der Waals surface area contributed by atoms with Crippen molar-refractivity contribution in [1.29, 1.82) is 5.26 Å². The van der Waals surface area contributed by atoms with Crippen molar-refractivity contribution >= 4 is 23.4 Å². The first kappa shape index (κ1) is 26.1. The van der Waals surface area contributed by atoms with Gasteiger partial charge in [-0.1, -0.05) is 6.07 Å². The van der Waals surface area contributed by atoms with Gasteiger partial charge in [-0.25, -0.2) is 20.0 Å². The maximum absolute atomic E-state index is 9.90. The van der Waals surface area contributed by atoms with Gasteiger partial charge in [-0.05, 0) is 17.7 Å². The van der Waals surface area contributed by atoms with Crippen LogP contribution in [0.3, 0.4) is 0 Å². The number of fused-ring (bicyclic) bond motifs is 1. The van der Waals surface area contributed by atoms with Crippen molar-refractivity contribution in [3.63, 3.8) is 0 Å². The number of methoxy groups -OCH3 is 1. The van der Waals surface area contributed by atoms with Crippen LogP contribution in [0.4, 0.5) is 5.82 Å². The summed E-state index contributed by atoms with van der Waals surface area (Å²) in [7, 11) is 1.63. The van der Waals surface area contributed by atoms with Gasteiger partial charge in [-0.15, -0.1) is 0 Å². The third-order valence-electron chi connectivity index (χ3n) is 8.01. The first-order valence-corrected chi connectivity index (χ1v) is 14.1. The fraction of sp³-hybridized carbons (Fsp3) is 0.333. The minimum atomic E-state index is 0.359. The van der Waals surface area contributed by atoms with Gasteiger partial charge in [-0.2, -0.15) is 15.5 Å². The summed E-state index contributed by atoms with van der Waals surface area (Å²) in [5, 5.41) is 24.1. The van der Waals surface area contributed by atoms with Crippen molar-refractivity contribution in [3.8, 4) is 11.9 Å². The SMILES string of the molecule is COc1ccc(CN2CCN(c3ccc(C4=NC(c5cnn(C6CNC6)c5)=CN5N=CCC(C#N)=C45)cn3)CC2)cn1. The molecule has 0 saturated carbocycles. The Morgan fingerprint density at radius 2 is 1.90 bits per heavy atom. The molecular weight excluding hydrogens is 530 g/mol. The molecular formula is C30H31N11O. The molecule has 2 fully saturated rings. The average molecular weight is 562 g/mol. The molecule has 0 aromatic carbocycles. The van der Waals surface area contributed by atoms with Crippen molar-refractivity contribution in [2.75, 3.05) is 51.3 Å². The van der Waals surface area contributed by atoms with Gasteiger partial charge in [0.2, 0.25) is 5.88 Å². The Kier molecular flexibility index (Phi) is 6.95. The molecule has 1 N–H and O–H groups in total. The predicted molar refractivity (Wildman–Crippen MR) is 159 cm³/mol. The van der Waals surface area contributed by atoms with E-state index in [1.165, 1.54) is 5.56 Å². The number of hydrogen-bond donors (Lipinski definition) is 1. The summed E-state index contributed by atoms with van der Waals surface area (Å²) in [6.07, 6.45) is 11.7. The minimum absolute atomic E-state index is 0.359. The fourth-order valence-electron chi connectivity index (χ4n) is 5.48. The lowest BCUT2D eigenvalue weighted by Gasteiger charge is -2.35. The molecule has 0 unspecified atom stereocenters. The Labute approximate surface area is 243 Å². The van der Waals surface area contributed by atoms with Gasteiger partial charge in [0.05, 0.1) is 48.6 Å². The Morgan fingerprint density at radius 1 is 1.02 bits per heavy atom. The van der Waals surface area contributed by atoms with Gasteiger partial charge in [0.25, 0.3) is 0 Å². The van der Waals surface area contributed by atoms with Crippen molar-refractivity contribution in [1.82, 2.24) is 35.0 Å². The number of nitrogens with one attached hydrogen (secondary N) is 1. The molecule has 3 aromatic heterocycles. The van der Waals surface area contributed by atoms with Crippen LogP contribution in [0.2, 0.25) is 0 Å². The molecule has 12 heteroatoms. The van der Waals surface area contributed by atoms with Gasteiger partial charge < -0.3 is 15.0 Å². The standard InChI is InChI=1S/C30H31N11O/c1-42-28-5-2-21(13-34-28)18-38-8-10-39(11-9-38)27-4-3-23(14-33-27)29-30-22(12-31)6-7-35-41(30)20-26(37-29)24-15-36-40(19-24)25-16-32-17-25/h2-5,7,13-15,19-20,25,32H,6,8-11,16-18H2,1H3. The van der Waals surface area contributed by atoms with Gasteiger partial charge in [0.15, 0.2) is 0 Å². The third-order valence-corrected chi connectivity index (χ3v) is 8.01. The zero-order valence-electron chi connectivity index (χ0n) is 23.4. The molecule has 0 aliphatic carbocycles. The van der Waals surface area contributed by atoms with Crippen LogP contribution >= 0.6 is 0 Å². The first-order chi connectivity index (χ1) is 20.7. The van der Waals surface area contributed by atoms with E-state index in [1.54, 1.807) is 18.3 Å². The van der Waals surface area contributed by atoms with Crippen molar-refractivity contribution in [2.24, 2.45) is 10.1 Å². The minimum Gasteiger partial charge on any atom is -0.481 e. The smallest absolute Gasteiger partial charge is 0.212 e. The molecule has 2 saturated heterocycles. The number of allylic oxidation sites excluding steroid dienone is 2. The monoisotopic (exact) mass is 561 g/mol. The fourth-order valence-corrected chi connectivity index (χ4v) is 5.48. The van der Waals surface area contributed by atoms with Crippen molar-refractivity contribution in [2.45, 2.75) is 19.0 Å². The molecule has 0 atom stereocenters. The Morgan fingerprint density at radius 3 is 2.60 bits per heavy atom. The zero-order chi connectivity index (χ0) is 28.5. The molecule has 42 heavy (non-hydrogen) atoms. The average Bonchev–Trinajstić information content (AvgIpc) is 3.49. The van der Waals surface area contributed by atoms with Crippen LogP contribution in [0.25, 0.3) is 5.70 Å². The van der Waals surface area contributed by atoms with E-state index in [9.17, 15) is 5.26 Å². The van der Waals surface area contributed by atoms with Crippen LogP contribution in [0.1, 0.15) is 29.2 Å². The number of nitriles is 1. The quantitative estimate of drug-likeness (QED) is 0.463.